The molecule has 1 N–H and O–H groups in total. The third-order valence-corrected chi connectivity index (χ3v) is 2.39. The lowest BCUT2D eigenvalue weighted by molar-refractivity contribution is 0.897. The molecule has 0 aromatic carbocycles. The summed E-state index contributed by atoms with van der Waals surface area (Å²) in [4.78, 5) is 3.99. The lowest BCUT2D eigenvalue weighted by atomic mass is 10.3. The molecule has 0 spiro atoms. The SMILES string of the molecule is CC(C)Nc1cnc(Cl)c(Br)c1. The van der Waals surface area contributed by atoms with Crippen LogP contribution in [0.3, 0.4) is 0 Å². The minimum atomic E-state index is 0.403. The van der Waals surface area contributed by atoms with E-state index in [2.05, 4.69) is 40.1 Å². The number of halogens is 2. The van der Waals surface area contributed by atoms with Crippen LogP contribution in [-0.4, -0.2) is 11.0 Å². The predicted octanol–water partition coefficient (Wildman–Crippen LogP) is 3.32. The van der Waals surface area contributed by atoms with Gasteiger partial charge in [0.1, 0.15) is 5.15 Å². The van der Waals surface area contributed by atoms with Gasteiger partial charge in [0.25, 0.3) is 0 Å². The van der Waals surface area contributed by atoms with E-state index in [0.29, 0.717) is 11.2 Å². The quantitative estimate of drug-likeness (QED) is 0.814. The largest absolute Gasteiger partial charge is 0.382 e. The highest BCUT2D eigenvalue weighted by molar-refractivity contribution is 9.10. The van der Waals surface area contributed by atoms with Crippen LogP contribution in [0.2, 0.25) is 5.15 Å². The Morgan fingerprint density at radius 1 is 1.58 bits per heavy atom. The molecule has 0 aliphatic rings. The average Bonchev–Trinajstić information content (AvgIpc) is 1.96. The number of hydrogen-bond donors (Lipinski definition) is 1. The Hall–Kier alpha value is -0.280. The van der Waals surface area contributed by atoms with Crippen molar-refractivity contribution in [2.45, 2.75) is 19.9 Å². The topological polar surface area (TPSA) is 24.9 Å². The molecule has 1 rings (SSSR count). The summed E-state index contributed by atoms with van der Waals surface area (Å²) in [5, 5.41) is 3.71. The van der Waals surface area contributed by atoms with Gasteiger partial charge < -0.3 is 5.32 Å². The van der Waals surface area contributed by atoms with Crippen LogP contribution in [-0.2, 0) is 0 Å². The van der Waals surface area contributed by atoms with Crippen molar-refractivity contribution in [1.29, 1.82) is 0 Å². The highest BCUT2D eigenvalue weighted by Gasteiger charge is 2.00. The molecule has 0 amide bonds. The molecule has 0 radical (unpaired) electrons. The minimum absolute atomic E-state index is 0.403. The summed E-state index contributed by atoms with van der Waals surface area (Å²) in [7, 11) is 0. The summed E-state index contributed by atoms with van der Waals surface area (Å²) in [5.41, 5.74) is 0.973. The maximum absolute atomic E-state index is 5.73. The first kappa shape index (κ1) is 9.81. The first-order valence-electron chi connectivity index (χ1n) is 3.67. The number of anilines is 1. The molecule has 0 unspecified atom stereocenters. The van der Waals surface area contributed by atoms with Gasteiger partial charge >= 0.3 is 0 Å². The van der Waals surface area contributed by atoms with E-state index in [1.807, 2.05) is 6.07 Å². The Morgan fingerprint density at radius 2 is 2.25 bits per heavy atom. The van der Waals surface area contributed by atoms with Crippen LogP contribution in [0.5, 0.6) is 0 Å². The Morgan fingerprint density at radius 3 is 2.75 bits per heavy atom. The number of pyridine rings is 1. The van der Waals surface area contributed by atoms with Gasteiger partial charge in [-0.15, -0.1) is 0 Å². The Kier molecular flexibility index (Phi) is 3.35. The van der Waals surface area contributed by atoms with Crippen molar-refractivity contribution in [3.63, 3.8) is 0 Å². The molecule has 0 saturated heterocycles. The summed E-state index contributed by atoms with van der Waals surface area (Å²) >= 11 is 9.03. The molecule has 66 valence electrons. The fourth-order valence-corrected chi connectivity index (χ4v) is 1.29. The van der Waals surface area contributed by atoms with E-state index in [4.69, 9.17) is 11.6 Å². The van der Waals surface area contributed by atoms with Crippen LogP contribution in [0.4, 0.5) is 5.69 Å². The molecule has 12 heavy (non-hydrogen) atoms. The Bertz CT molecular complexity index is 276. The van der Waals surface area contributed by atoms with Crippen LogP contribution in [0, 0.1) is 0 Å². The van der Waals surface area contributed by atoms with Gasteiger partial charge in [-0.1, -0.05) is 11.6 Å². The predicted molar refractivity (Wildman–Crippen MR) is 55.7 cm³/mol. The number of nitrogens with one attached hydrogen (secondary N) is 1. The van der Waals surface area contributed by atoms with Gasteiger partial charge in [-0.3, -0.25) is 0 Å². The normalized spacial score (nSPS) is 10.4. The molecule has 0 saturated carbocycles. The molecular weight excluding hydrogens is 239 g/mol. The molecule has 4 heteroatoms. The van der Waals surface area contributed by atoms with Crippen LogP contribution in [0.15, 0.2) is 16.7 Å². The van der Waals surface area contributed by atoms with Gasteiger partial charge in [-0.2, -0.15) is 0 Å². The fourth-order valence-electron chi connectivity index (χ4n) is 0.833. The molecular formula is C8H10BrClN2. The van der Waals surface area contributed by atoms with Gasteiger partial charge in [-0.05, 0) is 35.8 Å². The first-order chi connectivity index (χ1) is 5.59. The van der Waals surface area contributed by atoms with E-state index in [1.165, 1.54) is 0 Å². The molecule has 1 heterocycles. The van der Waals surface area contributed by atoms with Crippen molar-refractivity contribution in [2.75, 3.05) is 5.32 Å². The van der Waals surface area contributed by atoms with Crippen LogP contribution in [0.1, 0.15) is 13.8 Å². The lowest BCUT2D eigenvalue weighted by Gasteiger charge is -2.09. The maximum atomic E-state index is 5.73. The minimum Gasteiger partial charge on any atom is -0.382 e. The van der Waals surface area contributed by atoms with Crippen molar-refractivity contribution in [1.82, 2.24) is 4.98 Å². The zero-order valence-corrected chi connectivity index (χ0v) is 9.28. The number of aromatic nitrogens is 1. The first-order valence-corrected chi connectivity index (χ1v) is 4.84. The number of nitrogens with zero attached hydrogens (tertiary/aromatic N) is 1. The molecule has 1 aromatic heterocycles. The molecule has 2 nitrogen and oxygen atoms in total. The molecule has 0 aliphatic heterocycles. The molecule has 0 atom stereocenters. The standard InChI is InChI=1S/C8H10BrClN2/c1-5(2)12-6-3-7(9)8(10)11-4-6/h3-5,12H,1-2H3. The zero-order chi connectivity index (χ0) is 9.14. The third kappa shape index (κ3) is 2.64. The summed E-state index contributed by atoms with van der Waals surface area (Å²) in [6.45, 7) is 4.14. The van der Waals surface area contributed by atoms with Crippen molar-refractivity contribution in [3.05, 3.63) is 21.9 Å². The Balaban J connectivity index is 2.82. The fraction of sp³-hybridized carbons (Fsp3) is 0.375. The molecule has 0 aliphatic carbocycles. The van der Waals surface area contributed by atoms with E-state index in [9.17, 15) is 0 Å². The van der Waals surface area contributed by atoms with E-state index in [-0.39, 0.29) is 0 Å². The average molecular weight is 250 g/mol. The lowest BCUT2D eigenvalue weighted by Crippen LogP contribution is -2.09. The van der Waals surface area contributed by atoms with Crippen molar-refractivity contribution >= 4 is 33.2 Å². The highest BCUT2D eigenvalue weighted by Crippen LogP contribution is 2.22. The molecule has 0 bridgehead atoms. The van der Waals surface area contributed by atoms with E-state index >= 15 is 0 Å². The van der Waals surface area contributed by atoms with Gasteiger partial charge in [0, 0.05) is 6.04 Å². The number of hydrogen-bond acceptors (Lipinski definition) is 2. The van der Waals surface area contributed by atoms with E-state index in [1.54, 1.807) is 6.20 Å². The second kappa shape index (κ2) is 4.10. The summed E-state index contributed by atoms with van der Waals surface area (Å²) in [6.07, 6.45) is 1.72. The van der Waals surface area contributed by atoms with E-state index < -0.39 is 0 Å². The van der Waals surface area contributed by atoms with Crippen LogP contribution >= 0.6 is 27.5 Å². The number of rotatable bonds is 2. The molecule has 0 fully saturated rings. The van der Waals surface area contributed by atoms with Crippen molar-refractivity contribution < 1.29 is 0 Å². The third-order valence-electron chi connectivity index (χ3n) is 1.25. The second-order valence-corrected chi connectivity index (χ2v) is 4.01. The highest BCUT2D eigenvalue weighted by atomic mass is 79.9. The Labute approximate surface area is 85.5 Å². The van der Waals surface area contributed by atoms with Crippen molar-refractivity contribution in [2.24, 2.45) is 0 Å². The smallest absolute Gasteiger partial charge is 0.143 e. The maximum Gasteiger partial charge on any atom is 0.143 e. The van der Waals surface area contributed by atoms with Gasteiger partial charge in [0.2, 0.25) is 0 Å². The summed E-state index contributed by atoms with van der Waals surface area (Å²) < 4.78 is 0.815. The van der Waals surface area contributed by atoms with Gasteiger partial charge in [0.15, 0.2) is 0 Å². The second-order valence-electron chi connectivity index (χ2n) is 2.80. The van der Waals surface area contributed by atoms with E-state index in [0.717, 1.165) is 10.2 Å². The van der Waals surface area contributed by atoms with Crippen LogP contribution < -0.4 is 5.32 Å². The zero-order valence-electron chi connectivity index (χ0n) is 6.94. The van der Waals surface area contributed by atoms with Gasteiger partial charge in [-0.25, -0.2) is 4.98 Å². The van der Waals surface area contributed by atoms with Crippen LogP contribution in [0.25, 0.3) is 0 Å². The van der Waals surface area contributed by atoms with Gasteiger partial charge in [0.05, 0.1) is 16.4 Å². The molecule has 1 aromatic rings. The summed E-state index contributed by atoms with van der Waals surface area (Å²) in [5.74, 6) is 0. The van der Waals surface area contributed by atoms with Crippen molar-refractivity contribution in [3.8, 4) is 0 Å². The summed E-state index contributed by atoms with van der Waals surface area (Å²) in [6, 6.07) is 2.31. The monoisotopic (exact) mass is 248 g/mol.